The summed E-state index contributed by atoms with van der Waals surface area (Å²) in [5.74, 6) is 0.707. The van der Waals surface area contributed by atoms with Crippen molar-refractivity contribution in [2.45, 2.75) is 20.8 Å². The van der Waals surface area contributed by atoms with Gasteiger partial charge in [-0.3, -0.25) is 9.36 Å². The summed E-state index contributed by atoms with van der Waals surface area (Å²) in [4.78, 5) is 17.4. The molecule has 0 spiro atoms. The topological polar surface area (TPSA) is 34.9 Å². The van der Waals surface area contributed by atoms with Crippen molar-refractivity contribution < 1.29 is 0 Å². The smallest absolute Gasteiger partial charge is 0.265 e. The van der Waals surface area contributed by atoms with Crippen molar-refractivity contribution >= 4 is 33.5 Å². The van der Waals surface area contributed by atoms with Crippen LogP contribution >= 0.6 is 22.6 Å². The van der Waals surface area contributed by atoms with Gasteiger partial charge in [0.15, 0.2) is 0 Å². The third-order valence-corrected chi connectivity index (χ3v) is 4.13. The number of rotatable bonds is 1. The molecule has 0 bridgehead atoms. The first-order chi connectivity index (χ1) is 9.95. The van der Waals surface area contributed by atoms with E-state index in [9.17, 15) is 4.79 Å². The Morgan fingerprint density at radius 1 is 1.00 bits per heavy atom. The minimum Gasteiger partial charge on any atom is -0.268 e. The van der Waals surface area contributed by atoms with E-state index in [1.165, 1.54) is 0 Å². The van der Waals surface area contributed by atoms with Gasteiger partial charge in [-0.05, 0) is 84.8 Å². The lowest BCUT2D eigenvalue weighted by Gasteiger charge is -2.12. The van der Waals surface area contributed by atoms with E-state index in [0.29, 0.717) is 11.2 Å². The third kappa shape index (κ3) is 2.60. The second-order valence-electron chi connectivity index (χ2n) is 5.31. The standard InChI is InChI=1S/C17H15IN2O/c1-10-6-11(2)8-14(7-10)20-12(3)19-16-5-4-13(18)9-15(16)17(20)21/h4-9H,1-3H3. The molecule has 0 aliphatic rings. The van der Waals surface area contributed by atoms with Gasteiger partial charge in [0, 0.05) is 3.57 Å². The number of fused-ring (bicyclic) bond motifs is 1. The second kappa shape index (κ2) is 5.26. The molecule has 3 aromatic rings. The van der Waals surface area contributed by atoms with Crippen LogP contribution in [-0.2, 0) is 0 Å². The third-order valence-electron chi connectivity index (χ3n) is 3.46. The largest absolute Gasteiger partial charge is 0.268 e. The predicted octanol–water partition coefficient (Wildman–Crippen LogP) is 3.92. The van der Waals surface area contributed by atoms with Crippen LogP contribution in [0.3, 0.4) is 0 Å². The number of hydrogen-bond acceptors (Lipinski definition) is 2. The summed E-state index contributed by atoms with van der Waals surface area (Å²) in [5, 5.41) is 0.659. The van der Waals surface area contributed by atoms with Gasteiger partial charge in [-0.15, -0.1) is 0 Å². The Bertz CT molecular complexity index is 892. The first-order valence-corrected chi connectivity index (χ1v) is 7.81. The van der Waals surface area contributed by atoms with Gasteiger partial charge < -0.3 is 0 Å². The lowest BCUT2D eigenvalue weighted by atomic mass is 10.1. The van der Waals surface area contributed by atoms with Gasteiger partial charge in [-0.1, -0.05) is 6.07 Å². The molecule has 0 amide bonds. The number of aryl methyl sites for hydroxylation is 3. The monoisotopic (exact) mass is 390 g/mol. The van der Waals surface area contributed by atoms with E-state index in [2.05, 4.69) is 33.6 Å². The minimum absolute atomic E-state index is 0.0129. The summed E-state index contributed by atoms with van der Waals surface area (Å²) in [5.41, 5.74) is 3.89. The van der Waals surface area contributed by atoms with E-state index in [0.717, 1.165) is 25.9 Å². The van der Waals surface area contributed by atoms with Crippen LogP contribution in [0.15, 0.2) is 41.2 Å². The fourth-order valence-corrected chi connectivity index (χ4v) is 3.14. The van der Waals surface area contributed by atoms with E-state index >= 15 is 0 Å². The van der Waals surface area contributed by atoms with Crippen LogP contribution in [0.5, 0.6) is 0 Å². The van der Waals surface area contributed by atoms with Crippen LogP contribution in [0.4, 0.5) is 0 Å². The normalized spacial score (nSPS) is 11.0. The Hall–Kier alpha value is -1.69. The average molecular weight is 390 g/mol. The minimum atomic E-state index is -0.0129. The van der Waals surface area contributed by atoms with Gasteiger partial charge in [0.2, 0.25) is 0 Å². The summed E-state index contributed by atoms with van der Waals surface area (Å²) in [6.07, 6.45) is 0. The molecule has 0 aliphatic carbocycles. The summed E-state index contributed by atoms with van der Waals surface area (Å²) in [6, 6.07) is 11.9. The van der Waals surface area contributed by atoms with E-state index in [4.69, 9.17) is 0 Å². The first kappa shape index (κ1) is 14.3. The average Bonchev–Trinajstić information content (AvgIpc) is 2.39. The lowest BCUT2D eigenvalue weighted by Crippen LogP contribution is -2.22. The molecule has 0 unspecified atom stereocenters. The molecule has 0 aliphatic heterocycles. The molecule has 0 N–H and O–H groups in total. The molecule has 106 valence electrons. The fourth-order valence-electron chi connectivity index (χ4n) is 2.65. The van der Waals surface area contributed by atoms with Crippen molar-refractivity contribution in [3.05, 3.63) is 67.3 Å². The number of benzene rings is 2. The van der Waals surface area contributed by atoms with Crippen molar-refractivity contribution in [2.75, 3.05) is 0 Å². The molecule has 4 heteroatoms. The molecular formula is C17H15IN2O. The maximum atomic E-state index is 12.8. The van der Waals surface area contributed by atoms with Gasteiger partial charge in [0.1, 0.15) is 5.82 Å². The second-order valence-corrected chi connectivity index (χ2v) is 6.55. The summed E-state index contributed by atoms with van der Waals surface area (Å²) in [7, 11) is 0. The van der Waals surface area contributed by atoms with Crippen LogP contribution < -0.4 is 5.56 Å². The van der Waals surface area contributed by atoms with E-state index in [1.807, 2.05) is 51.1 Å². The highest BCUT2D eigenvalue weighted by atomic mass is 127. The molecule has 21 heavy (non-hydrogen) atoms. The molecule has 3 rings (SSSR count). The van der Waals surface area contributed by atoms with Crippen molar-refractivity contribution in [1.29, 1.82) is 0 Å². The zero-order valence-corrected chi connectivity index (χ0v) is 14.3. The maximum absolute atomic E-state index is 12.8. The number of hydrogen-bond donors (Lipinski definition) is 0. The van der Waals surface area contributed by atoms with Crippen molar-refractivity contribution in [3.8, 4) is 5.69 Å². The molecule has 0 atom stereocenters. The van der Waals surface area contributed by atoms with E-state index in [-0.39, 0.29) is 5.56 Å². The Morgan fingerprint density at radius 3 is 2.33 bits per heavy atom. The molecule has 1 heterocycles. The molecular weight excluding hydrogens is 375 g/mol. The first-order valence-electron chi connectivity index (χ1n) is 6.73. The maximum Gasteiger partial charge on any atom is 0.265 e. The summed E-state index contributed by atoms with van der Waals surface area (Å²) in [6.45, 7) is 5.94. The van der Waals surface area contributed by atoms with Crippen LogP contribution in [0.2, 0.25) is 0 Å². The van der Waals surface area contributed by atoms with Gasteiger partial charge >= 0.3 is 0 Å². The molecule has 0 radical (unpaired) electrons. The Balaban J connectivity index is 2.39. The number of halogens is 1. The SMILES string of the molecule is Cc1cc(C)cc(-n2c(C)nc3ccc(I)cc3c2=O)c1. The van der Waals surface area contributed by atoms with Gasteiger partial charge in [0.05, 0.1) is 16.6 Å². The van der Waals surface area contributed by atoms with Crippen LogP contribution in [0.25, 0.3) is 16.6 Å². The molecule has 1 aromatic heterocycles. The van der Waals surface area contributed by atoms with E-state index < -0.39 is 0 Å². The molecule has 0 saturated carbocycles. The Kier molecular flexibility index (Phi) is 3.57. The van der Waals surface area contributed by atoms with Crippen LogP contribution in [0.1, 0.15) is 17.0 Å². The summed E-state index contributed by atoms with van der Waals surface area (Å²) < 4.78 is 2.73. The summed E-state index contributed by atoms with van der Waals surface area (Å²) >= 11 is 2.21. The highest BCUT2D eigenvalue weighted by Crippen LogP contribution is 2.17. The quantitative estimate of drug-likeness (QED) is 0.591. The Morgan fingerprint density at radius 2 is 1.67 bits per heavy atom. The van der Waals surface area contributed by atoms with Gasteiger partial charge in [-0.25, -0.2) is 4.98 Å². The number of nitrogens with zero attached hydrogens (tertiary/aromatic N) is 2. The Labute approximate surface area is 136 Å². The van der Waals surface area contributed by atoms with Crippen molar-refractivity contribution in [1.82, 2.24) is 9.55 Å². The highest BCUT2D eigenvalue weighted by molar-refractivity contribution is 14.1. The van der Waals surface area contributed by atoms with Crippen LogP contribution in [0, 0.1) is 24.3 Å². The lowest BCUT2D eigenvalue weighted by molar-refractivity contribution is 0.892. The van der Waals surface area contributed by atoms with E-state index in [1.54, 1.807) is 4.57 Å². The van der Waals surface area contributed by atoms with Crippen LogP contribution in [-0.4, -0.2) is 9.55 Å². The molecule has 0 fully saturated rings. The molecule has 0 saturated heterocycles. The van der Waals surface area contributed by atoms with Gasteiger partial charge in [0.25, 0.3) is 5.56 Å². The van der Waals surface area contributed by atoms with Gasteiger partial charge in [-0.2, -0.15) is 0 Å². The molecule has 2 aromatic carbocycles. The van der Waals surface area contributed by atoms with Crippen molar-refractivity contribution in [3.63, 3.8) is 0 Å². The predicted molar refractivity (Wildman–Crippen MR) is 94.3 cm³/mol. The van der Waals surface area contributed by atoms with Crippen molar-refractivity contribution in [2.24, 2.45) is 0 Å². The zero-order chi connectivity index (χ0) is 15.1. The fraction of sp³-hybridized carbons (Fsp3) is 0.176. The number of aromatic nitrogens is 2. The highest BCUT2D eigenvalue weighted by Gasteiger charge is 2.10. The zero-order valence-electron chi connectivity index (χ0n) is 12.1. The molecule has 3 nitrogen and oxygen atoms in total.